The van der Waals surface area contributed by atoms with Gasteiger partial charge < -0.3 is 20.1 Å². The van der Waals surface area contributed by atoms with E-state index in [-0.39, 0.29) is 12.5 Å². The molecular weight excluding hydrogens is 244 g/mol. The molecule has 0 fully saturated rings. The molecule has 0 atom stereocenters. The third-order valence-corrected chi connectivity index (χ3v) is 3.14. The van der Waals surface area contributed by atoms with Crippen molar-refractivity contribution in [3.8, 4) is 11.5 Å². The highest BCUT2D eigenvalue weighted by Crippen LogP contribution is 2.33. The average Bonchev–Trinajstić information content (AvgIpc) is 2.44. The van der Waals surface area contributed by atoms with Gasteiger partial charge in [0.15, 0.2) is 0 Å². The minimum atomic E-state index is -0.611. The second kappa shape index (κ2) is 5.93. The van der Waals surface area contributed by atoms with Gasteiger partial charge in [-0.25, -0.2) is 0 Å². The van der Waals surface area contributed by atoms with Crippen LogP contribution in [0.25, 0.3) is 0 Å². The van der Waals surface area contributed by atoms with Crippen LogP contribution in [0.3, 0.4) is 0 Å². The summed E-state index contributed by atoms with van der Waals surface area (Å²) in [5.41, 5.74) is 5.72. The minimum Gasteiger partial charge on any atom is -0.497 e. The van der Waals surface area contributed by atoms with Crippen LogP contribution in [0.1, 0.15) is 13.8 Å². The number of ether oxygens (including phenoxy) is 2. The van der Waals surface area contributed by atoms with Crippen LogP contribution in [0.2, 0.25) is 0 Å². The number of methoxy groups -OCH3 is 2. The van der Waals surface area contributed by atoms with E-state index in [9.17, 15) is 4.79 Å². The number of anilines is 1. The van der Waals surface area contributed by atoms with Gasteiger partial charge in [0.1, 0.15) is 11.5 Å². The van der Waals surface area contributed by atoms with Crippen LogP contribution in [-0.2, 0) is 4.79 Å². The van der Waals surface area contributed by atoms with Gasteiger partial charge in [-0.2, -0.15) is 0 Å². The molecule has 5 nitrogen and oxygen atoms in total. The van der Waals surface area contributed by atoms with Crippen molar-refractivity contribution in [3.63, 3.8) is 0 Å². The summed E-state index contributed by atoms with van der Waals surface area (Å²) in [6.45, 7) is 3.93. The third kappa shape index (κ3) is 3.17. The highest BCUT2D eigenvalue weighted by Gasteiger charge is 2.30. The molecule has 106 valence electrons. The third-order valence-electron chi connectivity index (χ3n) is 3.14. The summed E-state index contributed by atoms with van der Waals surface area (Å²) in [6, 6.07) is 5.33. The van der Waals surface area contributed by atoms with Crippen molar-refractivity contribution in [2.75, 3.05) is 32.7 Å². The van der Waals surface area contributed by atoms with Crippen LogP contribution < -0.4 is 20.1 Å². The Bertz CT molecular complexity index is 458. The van der Waals surface area contributed by atoms with Crippen molar-refractivity contribution in [2.45, 2.75) is 13.8 Å². The predicted octanol–water partition coefficient (Wildman–Crippen LogP) is 1.65. The number of carbonyl (C=O) groups is 1. The Morgan fingerprint density at radius 1 is 1.32 bits per heavy atom. The Kier molecular flexibility index (Phi) is 4.78. The molecule has 0 spiro atoms. The van der Waals surface area contributed by atoms with Gasteiger partial charge in [0.25, 0.3) is 0 Å². The monoisotopic (exact) mass is 266 g/mol. The number of nitrogens with two attached hydrogens (primary N) is 1. The molecule has 1 aromatic carbocycles. The SMILES string of the molecule is COc1ccc(N(C)C(=O)C(C)(C)CN)c(OC)c1. The summed E-state index contributed by atoms with van der Waals surface area (Å²) < 4.78 is 10.4. The number of nitrogens with zero attached hydrogens (tertiary/aromatic N) is 1. The second-order valence-corrected chi connectivity index (χ2v) is 4.99. The Hall–Kier alpha value is -1.75. The van der Waals surface area contributed by atoms with Crippen LogP contribution in [0.15, 0.2) is 18.2 Å². The molecule has 0 saturated carbocycles. The van der Waals surface area contributed by atoms with Crippen molar-refractivity contribution in [1.82, 2.24) is 0 Å². The normalized spacial score (nSPS) is 11.1. The van der Waals surface area contributed by atoms with Gasteiger partial charge in [0.05, 0.1) is 25.3 Å². The number of benzene rings is 1. The molecule has 0 aliphatic carbocycles. The predicted molar refractivity (Wildman–Crippen MR) is 75.8 cm³/mol. The molecule has 5 heteroatoms. The number of hydrogen-bond donors (Lipinski definition) is 1. The van der Waals surface area contributed by atoms with E-state index < -0.39 is 5.41 Å². The topological polar surface area (TPSA) is 64.8 Å². The molecule has 0 heterocycles. The highest BCUT2D eigenvalue weighted by molar-refractivity contribution is 5.98. The van der Waals surface area contributed by atoms with Gasteiger partial charge in [0.2, 0.25) is 5.91 Å². The maximum atomic E-state index is 12.4. The second-order valence-electron chi connectivity index (χ2n) is 4.99. The first kappa shape index (κ1) is 15.3. The van der Waals surface area contributed by atoms with E-state index in [1.165, 1.54) is 0 Å². The van der Waals surface area contributed by atoms with Gasteiger partial charge in [-0.3, -0.25) is 4.79 Å². The molecule has 0 unspecified atom stereocenters. The molecule has 1 aromatic rings. The van der Waals surface area contributed by atoms with Crippen LogP contribution in [0, 0.1) is 5.41 Å². The average molecular weight is 266 g/mol. The Labute approximate surface area is 114 Å². The van der Waals surface area contributed by atoms with Crippen molar-refractivity contribution < 1.29 is 14.3 Å². The molecule has 0 aromatic heterocycles. The first-order chi connectivity index (χ1) is 8.87. The fraction of sp³-hybridized carbons (Fsp3) is 0.500. The van der Waals surface area contributed by atoms with E-state index in [4.69, 9.17) is 15.2 Å². The maximum Gasteiger partial charge on any atom is 0.233 e. The van der Waals surface area contributed by atoms with Gasteiger partial charge in [-0.1, -0.05) is 0 Å². The molecule has 0 radical (unpaired) electrons. The van der Waals surface area contributed by atoms with Crippen LogP contribution in [0.4, 0.5) is 5.69 Å². The van der Waals surface area contributed by atoms with E-state index in [2.05, 4.69) is 0 Å². The van der Waals surface area contributed by atoms with E-state index in [0.29, 0.717) is 17.2 Å². The Balaban J connectivity index is 3.12. The van der Waals surface area contributed by atoms with Gasteiger partial charge in [-0.15, -0.1) is 0 Å². The summed E-state index contributed by atoms with van der Waals surface area (Å²) in [6.07, 6.45) is 0. The lowest BCUT2D eigenvalue weighted by atomic mass is 9.92. The summed E-state index contributed by atoms with van der Waals surface area (Å²) in [5, 5.41) is 0. The lowest BCUT2D eigenvalue weighted by molar-refractivity contribution is -0.125. The summed E-state index contributed by atoms with van der Waals surface area (Å²) in [5.74, 6) is 1.21. The van der Waals surface area contributed by atoms with Gasteiger partial charge in [-0.05, 0) is 26.0 Å². The largest absolute Gasteiger partial charge is 0.497 e. The molecule has 0 aliphatic heterocycles. The Morgan fingerprint density at radius 2 is 1.95 bits per heavy atom. The zero-order valence-corrected chi connectivity index (χ0v) is 12.2. The molecule has 1 rings (SSSR count). The van der Waals surface area contributed by atoms with Crippen molar-refractivity contribution in [3.05, 3.63) is 18.2 Å². The molecule has 0 bridgehead atoms. The zero-order chi connectivity index (χ0) is 14.6. The molecule has 0 aliphatic rings. The quantitative estimate of drug-likeness (QED) is 0.880. The van der Waals surface area contributed by atoms with Gasteiger partial charge in [0, 0.05) is 19.7 Å². The van der Waals surface area contributed by atoms with Crippen LogP contribution in [0.5, 0.6) is 11.5 Å². The Morgan fingerprint density at radius 3 is 2.42 bits per heavy atom. The number of carbonyl (C=O) groups excluding carboxylic acids is 1. The van der Waals surface area contributed by atoms with E-state index in [0.717, 1.165) is 0 Å². The van der Waals surface area contributed by atoms with Gasteiger partial charge >= 0.3 is 0 Å². The molecule has 19 heavy (non-hydrogen) atoms. The fourth-order valence-electron chi connectivity index (χ4n) is 1.71. The highest BCUT2D eigenvalue weighted by atomic mass is 16.5. The molecule has 2 N–H and O–H groups in total. The molecule has 0 saturated heterocycles. The zero-order valence-electron chi connectivity index (χ0n) is 12.2. The van der Waals surface area contributed by atoms with E-state index in [1.807, 2.05) is 13.8 Å². The summed E-state index contributed by atoms with van der Waals surface area (Å²) in [7, 11) is 4.86. The number of hydrogen-bond acceptors (Lipinski definition) is 4. The summed E-state index contributed by atoms with van der Waals surface area (Å²) in [4.78, 5) is 13.9. The smallest absolute Gasteiger partial charge is 0.233 e. The van der Waals surface area contributed by atoms with Crippen molar-refractivity contribution in [2.24, 2.45) is 11.1 Å². The van der Waals surface area contributed by atoms with Crippen LogP contribution >= 0.6 is 0 Å². The van der Waals surface area contributed by atoms with E-state index in [1.54, 1.807) is 44.4 Å². The fourth-order valence-corrected chi connectivity index (χ4v) is 1.71. The van der Waals surface area contributed by atoms with E-state index >= 15 is 0 Å². The van der Waals surface area contributed by atoms with Crippen LogP contribution in [-0.4, -0.2) is 33.7 Å². The summed E-state index contributed by atoms with van der Waals surface area (Å²) >= 11 is 0. The van der Waals surface area contributed by atoms with Crippen molar-refractivity contribution >= 4 is 11.6 Å². The molecular formula is C14H22N2O3. The molecule has 1 amide bonds. The standard InChI is InChI=1S/C14H22N2O3/c1-14(2,9-15)13(17)16(3)11-7-6-10(18-4)8-12(11)19-5/h6-8H,9,15H2,1-5H3. The number of rotatable bonds is 5. The van der Waals surface area contributed by atoms with Crippen molar-refractivity contribution in [1.29, 1.82) is 0 Å². The minimum absolute atomic E-state index is 0.0570. The number of amides is 1. The lowest BCUT2D eigenvalue weighted by Gasteiger charge is -2.29. The lowest BCUT2D eigenvalue weighted by Crippen LogP contribution is -2.43. The maximum absolute atomic E-state index is 12.4. The first-order valence-corrected chi connectivity index (χ1v) is 6.07. The first-order valence-electron chi connectivity index (χ1n) is 6.07.